The van der Waals surface area contributed by atoms with Gasteiger partial charge in [0.15, 0.2) is 0 Å². The zero-order valence-electron chi connectivity index (χ0n) is 13.8. The van der Waals surface area contributed by atoms with Crippen molar-refractivity contribution in [1.82, 2.24) is 5.32 Å². The molecule has 1 aliphatic heterocycles. The number of ether oxygens (including phenoxy) is 1. The van der Waals surface area contributed by atoms with Crippen LogP contribution in [0, 0.1) is 0 Å². The van der Waals surface area contributed by atoms with Gasteiger partial charge in [-0.15, -0.1) is 0 Å². The van der Waals surface area contributed by atoms with Crippen molar-refractivity contribution in [2.45, 2.75) is 39.0 Å². The summed E-state index contributed by atoms with van der Waals surface area (Å²) in [7, 11) is 0. The molecular formula is C18H26N2O3. The molecule has 1 aromatic carbocycles. The summed E-state index contributed by atoms with van der Waals surface area (Å²) in [5.41, 5.74) is 1.40. The standard InChI is InChI=1S/C18H26N2O3/c1-2-3-12-23-13-6-10-19-18(22)15-7-4-8-16(14-15)20-11-5-9-17(20)21/h4,7-8,14H,2-3,5-6,9-13H2,1H3,(H,19,22). The number of anilines is 1. The van der Waals surface area contributed by atoms with Crippen LogP contribution in [0.5, 0.6) is 0 Å². The minimum absolute atomic E-state index is 0.105. The van der Waals surface area contributed by atoms with Gasteiger partial charge in [0, 0.05) is 44.0 Å². The molecule has 23 heavy (non-hydrogen) atoms. The smallest absolute Gasteiger partial charge is 0.251 e. The van der Waals surface area contributed by atoms with Crippen LogP contribution in [-0.2, 0) is 9.53 Å². The second-order valence-electron chi connectivity index (χ2n) is 5.77. The topological polar surface area (TPSA) is 58.6 Å². The van der Waals surface area contributed by atoms with E-state index in [1.807, 2.05) is 12.1 Å². The lowest BCUT2D eigenvalue weighted by Crippen LogP contribution is -2.27. The Morgan fingerprint density at radius 1 is 1.30 bits per heavy atom. The number of hydrogen-bond acceptors (Lipinski definition) is 3. The van der Waals surface area contributed by atoms with Gasteiger partial charge in [0.2, 0.25) is 5.91 Å². The third-order valence-electron chi connectivity index (χ3n) is 3.89. The lowest BCUT2D eigenvalue weighted by atomic mass is 10.1. The van der Waals surface area contributed by atoms with Gasteiger partial charge in [0.25, 0.3) is 5.91 Å². The third-order valence-corrected chi connectivity index (χ3v) is 3.89. The number of rotatable bonds is 9. The Morgan fingerprint density at radius 3 is 2.87 bits per heavy atom. The van der Waals surface area contributed by atoms with Gasteiger partial charge in [0.05, 0.1) is 0 Å². The summed E-state index contributed by atoms with van der Waals surface area (Å²) in [4.78, 5) is 25.7. The molecule has 1 fully saturated rings. The highest BCUT2D eigenvalue weighted by atomic mass is 16.5. The Hall–Kier alpha value is -1.88. The predicted octanol–water partition coefficient (Wildman–Crippen LogP) is 2.75. The normalized spacial score (nSPS) is 14.3. The Kier molecular flexibility index (Phi) is 7.07. The number of amides is 2. The van der Waals surface area contributed by atoms with Crippen LogP contribution in [0.2, 0.25) is 0 Å². The summed E-state index contributed by atoms with van der Waals surface area (Å²) in [6, 6.07) is 7.26. The maximum atomic E-state index is 12.2. The first-order valence-corrected chi connectivity index (χ1v) is 8.48. The molecule has 2 rings (SSSR count). The van der Waals surface area contributed by atoms with E-state index in [2.05, 4.69) is 12.2 Å². The summed E-state index contributed by atoms with van der Waals surface area (Å²) in [6.07, 6.45) is 4.49. The highest BCUT2D eigenvalue weighted by molar-refractivity contribution is 5.99. The van der Waals surface area contributed by atoms with Gasteiger partial charge in [-0.1, -0.05) is 19.4 Å². The second kappa shape index (κ2) is 9.30. The zero-order valence-corrected chi connectivity index (χ0v) is 13.8. The molecule has 0 aliphatic carbocycles. The molecular weight excluding hydrogens is 292 g/mol. The quantitative estimate of drug-likeness (QED) is 0.712. The molecule has 0 radical (unpaired) electrons. The second-order valence-corrected chi connectivity index (χ2v) is 5.77. The van der Waals surface area contributed by atoms with Crippen LogP contribution in [0.1, 0.15) is 49.4 Å². The van der Waals surface area contributed by atoms with Crippen LogP contribution >= 0.6 is 0 Å². The predicted molar refractivity (Wildman–Crippen MR) is 90.7 cm³/mol. The van der Waals surface area contributed by atoms with E-state index in [1.54, 1.807) is 17.0 Å². The van der Waals surface area contributed by atoms with Crippen molar-refractivity contribution in [2.75, 3.05) is 31.2 Å². The molecule has 126 valence electrons. The van der Waals surface area contributed by atoms with Crippen molar-refractivity contribution in [3.63, 3.8) is 0 Å². The monoisotopic (exact) mass is 318 g/mol. The van der Waals surface area contributed by atoms with Crippen LogP contribution < -0.4 is 10.2 Å². The van der Waals surface area contributed by atoms with E-state index in [0.29, 0.717) is 25.1 Å². The highest BCUT2D eigenvalue weighted by Crippen LogP contribution is 2.22. The molecule has 0 spiro atoms. The lowest BCUT2D eigenvalue weighted by Gasteiger charge is -2.16. The maximum absolute atomic E-state index is 12.2. The first-order valence-electron chi connectivity index (χ1n) is 8.48. The van der Waals surface area contributed by atoms with Crippen molar-refractivity contribution in [2.24, 2.45) is 0 Å². The summed E-state index contributed by atoms with van der Waals surface area (Å²) in [6.45, 7) is 4.92. The molecule has 1 saturated heterocycles. The van der Waals surface area contributed by atoms with Gasteiger partial charge < -0.3 is 15.0 Å². The molecule has 0 unspecified atom stereocenters. The van der Waals surface area contributed by atoms with Crippen molar-refractivity contribution < 1.29 is 14.3 Å². The Bertz CT molecular complexity index is 531. The van der Waals surface area contributed by atoms with Gasteiger partial charge >= 0.3 is 0 Å². The van der Waals surface area contributed by atoms with Crippen LogP contribution in [0.4, 0.5) is 5.69 Å². The third kappa shape index (κ3) is 5.36. The minimum atomic E-state index is -0.105. The molecule has 1 N–H and O–H groups in total. The van der Waals surface area contributed by atoms with Crippen molar-refractivity contribution in [3.05, 3.63) is 29.8 Å². The molecule has 0 bridgehead atoms. The Labute approximate surface area is 138 Å². The number of hydrogen-bond donors (Lipinski definition) is 1. The summed E-state index contributed by atoms with van der Waals surface area (Å²) >= 11 is 0. The van der Waals surface area contributed by atoms with Crippen LogP contribution in [0.15, 0.2) is 24.3 Å². The number of unbranched alkanes of at least 4 members (excludes halogenated alkanes) is 1. The number of nitrogens with zero attached hydrogens (tertiary/aromatic N) is 1. The summed E-state index contributed by atoms with van der Waals surface area (Å²) < 4.78 is 5.46. The van der Waals surface area contributed by atoms with E-state index < -0.39 is 0 Å². The van der Waals surface area contributed by atoms with Crippen molar-refractivity contribution in [3.8, 4) is 0 Å². The first-order chi connectivity index (χ1) is 11.2. The van der Waals surface area contributed by atoms with E-state index >= 15 is 0 Å². The number of benzene rings is 1. The number of carbonyl (C=O) groups excluding carboxylic acids is 2. The van der Waals surface area contributed by atoms with Gasteiger partial charge in [-0.25, -0.2) is 0 Å². The number of carbonyl (C=O) groups is 2. The minimum Gasteiger partial charge on any atom is -0.381 e. The molecule has 5 heteroatoms. The van der Waals surface area contributed by atoms with Gasteiger partial charge in [-0.3, -0.25) is 9.59 Å². The molecule has 2 amide bonds. The average molecular weight is 318 g/mol. The zero-order chi connectivity index (χ0) is 16.5. The molecule has 1 aliphatic rings. The van der Waals surface area contributed by atoms with Gasteiger partial charge in [0.1, 0.15) is 0 Å². The van der Waals surface area contributed by atoms with Gasteiger partial charge in [-0.2, -0.15) is 0 Å². The summed E-state index contributed by atoms with van der Waals surface area (Å²) in [5.74, 6) is 0.0267. The van der Waals surface area contributed by atoms with E-state index in [-0.39, 0.29) is 11.8 Å². The molecule has 1 aromatic rings. The van der Waals surface area contributed by atoms with Gasteiger partial charge in [-0.05, 0) is 37.5 Å². The fourth-order valence-corrected chi connectivity index (χ4v) is 2.56. The SMILES string of the molecule is CCCCOCCCNC(=O)c1cccc(N2CCCC2=O)c1. The van der Waals surface area contributed by atoms with Crippen LogP contribution in [0.25, 0.3) is 0 Å². The summed E-state index contributed by atoms with van der Waals surface area (Å²) in [5, 5.41) is 2.90. The number of nitrogens with one attached hydrogen (secondary N) is 1. The van der Waals surface area contributed by atoms with Crippen LogP contribution in [0.3, 0.4) is 0 Å². The van der Waals surface area contributed by atoms with E-state index in [4.69, 9.17) is 4.74 Å². The van der Waals surface area contributed by atoms with E-state index in [1.165, 1.54) is 0 Å². The highest BCUT2D eigenvalue weighted by Gasteiger charge is 2.22. The fraction of sp³-hybridized carbons (Fsp3) is 0.556. The Morgan fingerprint density at radius 2 is 2.13 bits per heavy atom. The lowest BCUT2D eigenvalue weighted by molar-refractivity contribution is -0.117. The maximum Gasteiger partial charge on any atom is 0.251 e. The molecule has 0 saturated carbocycles. The van der Waals surface area contributed by atoms with Crippen LogP contribution in [-0.4, -0.2) is 38.1 Å². The Balaban J connectivity index is 1.77. The largest absolute Gasteiger partial charge is 0.381 e. The molecule has 0 atom stereocenters. The fourth-order valence-electron chi connectivity index (χ4n) is 2.56. The molecule has 1 heterocycles. The van der Waals surface area contributed by atoms with E-state index in [0.717, 1.165) is 44.5 Å². The van der Waals surface area contributed by atoms with Crippen molar-refractivity contribution >= 4 is 17.5 Å². The molecule has 5 nitrogen and oxygen atoms in total. The first kappa shape index (κ1) is 17.5. The molecule has 0 aromatic heterocycles. The average Bonchev–Trinajstić information content (AvgIpc) is 3.00. The van der Waals surface area contributed by atoms with E-state index in [9.17, 15) is 9.59 Å². The van der Waals surface area contributed by atoms with Crippen molar-refractivity contribution in [1.29, 1.82) is 0 Å².